The van der Waals surface area contributed by atoms with Gasteiger partial charge in [0.1, 0.15) is 5.75 Å². The predicted octanol–water partition coefficient (Wildman–Crippen LogP) is 1.69. The highest BCUT2D eigenvalue weighted by molar-refractivity contribution is 7.89. The molecule has 0 amide bonds. The molecule has 1 aliphatic heterocycles. The van der Waals surface area contributed by atoms with Crippen molar-refractivity contribution in [2.75, 3.05) is 26.2 Å². The number of sulfonamides is 1. The number of hydrogen-bond acceptors (Lipinski definition) is 4. The van der Waals surface area contributed by atoms with Gasteiger partial charge in [0.15, 0.2) is 0 Å². The maximum atomic E-state index is 12.7. The fourth-order valence-corrected chi connectivity index (χ4v) is 4.18. The minimum absolute atomic E-state index is 0.233. The van der Waals surface area contributed by atoms with Crippen LogP contribution in [0.25, 0.3) is 0 Å². The zero-order valence-electron chi connectivity index (χ0n) is 12.7. The molecular weight excluding hydrogens is 288 g/mol. The molecule has 0 aliphatic carbocycles. The molecule has 1 saturated heterocycles. The number of hydrogen-bond donors (Lipinski definition) is 1. The average Bonchev–Trinajstić information content (AvgIpc) is 2.48. The van der Waals surface area contributed by atoms with E-state index in [1.807, 2.05) is 6.92 Å². The Bertz CT molecular complexity index is 557. The molecule has 0 spiro atoms. The first-order valence-corrected chi connectivity index (χ1v) is 8.86. The Morgan fingerprint density at radius 1 is 1.33 bits per heavy atom. The highest BCUT2D eigenvalue weighted by Crippen LogP contribution is 2.27. The Labute approximate surface area is 127 Å². The van der Waals surface area contributed by atoms with Crippen molar-refractivity contribution in [3.63, 3.8) is 0 Å². The predicted molar refractivity (Wildman–Crippen MR) is 82.7 cm³/mol. The van der Waals surface area contributed by atoms with Gasteiger partial charge < -0.3 is 10.5 Å². The maximum Gasteiger partial charge on any atom is 0.243 e. The molecule has 2 N–H and O–H groups in total. The Balaban J connectivity index is 2.17. The highest BCUT2D eigenvalue weighted by atomic mass is 32.2. The van der Waals surface area contributed by atoms with Crippen molar-refractivity contribution >= 4 is 10.0 Å². The van der Waals surface area contributed by atoms with Crippen molar-refractivity contribution < 1.29 is 13.2 Å². The number of benzene rings is 1. The second kappa shape index (κ2) is 6.77. The number of nitrogens with zero attached hydrogens (tertiary/aromatic N) is 1. The number of rotatable bonds is 5. The zero-order valence-corrected chi connectivity index (χ0v) is 13.5. The van der Waals surface area contributed by atoms with Crippen molar-refractivity contribution in [3.8, 4) is 5.75 Å². The SMILES string of the molecule is CCOc1ccc(S(=O)(=O)N2CCC(C)C(CN)C2)cc1. The molecule has 1 fully saturated rings. The first-order chi connectivity index (χ1) is 9.98. The van der Waals surface area contributed by atoms with Gasteiger partial charge in [-0.25, -0.2) is 8.42 Å². The zero-order chi connectivity index (χ0) is 15.5. The van der Waals surface area contributed by atoms with Crippen molar-refractivity contribution in [1.29, 1.82) is 0 Å². The second-order valence-corrected chi connectivity index (χ2v) is 7.47. The van der Waals surface area contributed by atoms with E-state index in [4.69, 9.17) is 10.5 Å². The summed E-state index contributed by atoms with van der Waals surface area (Å²) in [7, 11) is -3.44. The lowest BCUT2D eigenvalue weighted by atomic mass is 9.88. The Morgan fingerprint density at radius 3 is 2.57 bits per heavy atom. The smallest absolute Gasteiger partial charge is 0.243 e. The molecule has 5 nitrogen and oxygen atoms in total. The molecule has 0 aromatic heterocycles. The standard InChI is InChI=1S/C15H24N2O3S/c1-3-20-14-4-6-15(7-5-14)21(18,19)17-9-8-12(2)13(10-16)11-17/h4-7,12-13H,3,8-11,16H2,1-2H3. The van der Waals surface area contributed by atoms with Crippen LogP contribution in [0.1, 0.15) is 20.3 Å². The van der Waals surface area contributed by atoms with E-state index in [0.717, 1.165) is 6.42 Å². The molecule has 0 bridgehead atoms. The third kappa shape index (κ3) is 3.56. The minimum atomic E-state index is -3.44. The quantitative estimate of drug-likeness (QED) is 0.898. The van der Waals surface area contributed by atoms with E-state index in [-0.39, 0.29) is 5.92 Å². The number of nitrogens with two attached hydrogens (primary N) is 1. The van der Waals surface area contributed by atoms with E-state index >= 15 is 0 Å². The van der Waals surface area contributed by atoms with Crippen LogP contribution in [0.15, 0.2) is 29.2 Å². The monoisotopic (exact) mass is 312 g/mol. The molecular formula is C15H24N2O3S. The molecule has 2 unspecified atom stereocenters. The third-order valence-corrected chi connectivity index (χ3v) is 6.03. The summed E-state index contributed by atoms with van der Waals surface area (Å²) in [6.07, 6.45) is 0.859. The minimum Gasteiger partial charge on any atom is -0.494 e. The summed E-state index contributed by atoms with van der Waals surface area (Å²) >= 11 is 0. The lowest BCUT2D eigenvalue weighted by Gasteiger charge is -2.35. The van der Waals surface area contributed by atoms with Crippen LogP contribution in [0.4, 0.5) is 0 Å². The van der Waals surface area contributed by atoms with E-state index in [0.29, 0.717) is 42.8 Å². The van der Waals surface area contributed by atoms with E-state index < -0.39 is 10.0 Å². The summed E-state index contributed by atoms with van der Waals surface area (Å²) in [4.78, 5) is 0.316. The van der Waals surface area contributed by atoms with Crippen LogP contribution in [-0.4, -0.2) is 39.0 Å². The molecule has 2 atom stereocenters. The van der Waals surface area contributed by atoms with Crippen LogP contribution < -0.4 is 10.5 Å². The van der Waals surface area contributed by atoms with Crippen LogP contribution in [0.5, 0.6) is 5.75 Å². The first-order valence-electron chi connectivity index (χ1n) is 7.42. The normalized spacial score (nSPS) is 24.0. The molecule has 6 heteroatoms. The molecule has 118 valence electrons. The molecule has 21 heavy (non-hydrogen) atoms. The molecule has 2 rings (SSSR count). The summed E-state index contributed by atoms with van der Waals surface area (Å²) in [5.74, 6) is 1.39. The van der Waals surface area contributed by atoms with Crippen LogP contribution >= 0.6 is 0 Å². The van der Waals surface area contributed by atoms with Crippen LogP contribution in [0, 0.1) is 11.8 Å². The Morgan fingerprint density at radius 2 is 2.00 bits per heavy atom. The van der Waals surface area contributed by atoms with Gasteiger partial charge in [0.2, 0.25) is 10.0 Å². The second-order valence-electron chi connectivity index (χ2n) is 5.53. The van der Waals surface area contributed by atoms with Gasteiger partial charge in [-0.15, -0.1) is 0 Å². The van der Waals surface area contributed by atoms with Gasteiger partial charge >= 0.3 is 0 Å². The third-order valence-electron chi connectivity index (χ3n) is 4.15. The first kappa shape index (κ1) is 16.3. The van der Waals surface area contributed by atoms with Crippen molar-refractivity contribution in [1.82, 2.24) is 4.31 Å². The number of piperidine rings is 1. The summed E-state index contributed by atoms with van der Waals surface area (Å²) in [5.41, 5.74) is 5.75. The van der Waals surface area contributed by atoms with E-state index in [1.54, 1.807) is 28.6 Å². The van der Waals surface area contributed by atoms with E-state index in [2.05, 4.69) is 6.92 Å². The summed E-state index contributed by atoms with van der Waals surface area (Å²) in [5, 5.41) is 0. The summed E-state index contributed by atoms with van der Waals surface area (Å²) in [6, 6.07) is 6.61. The van der Waals surface area contributed by atoms with Crippen LogP contribution in [0.2, 0.25) is 0 Å². The van der Waals surface area contributed by atoms with Crippen molar-refractivity contribution in [3.05, 3.63) is 24.3 Å². The highest BCUT2D eigenvalue weighted by Gasteiger charge is 2.32. The van der Waals surface area contributed by atoms with Crippen LogP contribution in [0.3, 0.4) is 0 Å². The molecule has 1 aromatic rings. The molecule has 1 aromatic carbocycles. The molecule has 0 radical (unpaired) electrons. The van der Waals surface area contributed by atoms with Gasteiger partial charge in [0, 0.05) is 13.1 Å². The van der Waals surface area contributed by atoms with Crippen LogP contribution in [-0.2, 0) is 10.0 Å². The van der Waals surface area contributed by atoms with Gasteiger partial charge in [-0.3, -0.25) is 0 Å². The fourth-order valence-electron chi connectivity index (χ4n) is 2.66. The maximum absolute atomic E-state index is 12.7. The van der Waals surface area contributed by atoms with Gasteiger partial charge in [0.05, 0.1) is 11.5 Å². The summed E-state index contributed by atoms with van der Waals surface area (Å²) < 4.78 is 32.2. The topological polar surface area (TPSA) is 72.6 Å². The lowest BCUT2D eigenvalue weighted by Crippen LogP contribution is -2.45. The Kier molecular flexibility index (Phi) is 5.24. The average molecular weight is 312 g/mol. The lowest BCUT2D eigenvalue weighted by molar-refractivity contribution is 0.203. The van der Waals surface area contributed by atoms with E-state index in [1.165, 1.54) is 0 Å². The molecule has 0 saturated carbocycles. The molecule has 1 heterocycles. The van der Waals surface area contributed by atoms with Crippen molar-refractivity contribution in [2.24, 2.45) is 17.6 Å². The Hall–Kier alpha value is -1.11. The van der Waals surface area contributed by atoms with Crippen molar-refractivity contribution in [2.45, 2.75) is 25.2 Å². The molecule has 1 aliphatic rings. The van der Waals surface area contributed by atoms with Gasteiger partial charge in [-0.1, -0.05) is 6.92 Å². The van der Waals surface area contributed by atoms with Gasteiger partial charge in [0.25, 0.3) is 0 Å². The van der Waals surface area contributed by atoms with E-state index in [9.17, 15) is 8.42 Å². The van der Waals surface area contributed by atoms with Gasteiger partial charge in [-0.2, -0.15) is 4.31 Å². The fraction of sp³-hybridized carbons (Fsp3) is 0.600. The van der Waals surface area contributed by atoms with Gasteiger partial charge in [-0.05, 0) is 56.0 Å². The summed E-state index contributed by atoms with van der Waals surface area (Å²) in [6.45, 7) is 6.19. The largest absolute Gasteiger partial charge is 0.494 e. The number of ether oxygens (including phenoxy) is 1.